The molecule has 0 radical (unpaired) electrons. The van der Waals surface area contributed by atoms with Crippen LogP contribution in [0.4, 0.5) is 0 Å². The van der Waals surface area contributed by atoms with Crippen molar-refractivity contribution >= 4 is 11.3 Å². The van der Waals surface area contributed by atoms with Crippen molar-refractivity contribution in [2.45, 2.75) is 26.8 Å². The zero-order valence-electron chi connectivity index (χ0n) is 10.0. The monoisotopic (exact) mass is 227 g/mol. The lowest BCUT2D eigenvalue weighted by Gasteiger charge is -2.15. The first-order chi connectivity index (χ1) is 7.13. The van der Waals surface area contributed by atoms with Crippen LogP contribution in [-0.4, -0.2) is 25.1 Å². The number of hydrogen-bond donors (Lipinski definition) is 2. The average molecular weight is 227 g/mol. The van der Waals surface area contributed by atoms with Gasteiger partial charge in [-0.05, 0) is 39.9 Å². The summed E-state index contributed by atoms with van der Waals surface area (Å²) in [5.41, 5.74) is 1.12. The molecule has 1 aromatic rings. The molecular weight excluding hydrogens is 206 g/mol. The summed E-state index contributed by atoms with van der Waals surface area (Å²) in [4.78, 5) is 4.47. The predicted molar refractivity (Wildman–Crippen MR) is 66.4 cm³/mol. The third-order valence-corrected chi connectivity index (χ3v) is 3.48. The smallest absolute Gasteiger partial charge is 0.110 e. The average Bonchev–Trinajstić information content (AvgIpc) is 2.62. The number of nitrogens with zero attached hydrogens (tertiary/aromatic N) is 1. The zero-order valence-corrected chi connectivity index (χ0v) is 10.8. The highest BCUT2D eigenvalue weighted by Gasteiger charge is 2.09. The molecule has 15 heavy (non-hydrogen) atoms. The molecule has 86 valence electrons. The summed E-state index contributed by atoms with van der Waals surface area (Å²) in [6, 6.07) is 0.364. The van der Waals surface area contributed by atoms with Crippen molar-refractivity contribution in [3.63, 3.8) is 0 Å². The second-order valence-electron chi connectivity index (χ2n) is 4.12. The molecule has 1 aromatic heterocycles. The minimum absolute atomic E-state index is 0.364. The SMILES string of the molecule is CNCC(C)CNC(C)c1nc(C)cs1. The van der Waals surface area contributed by atoms with E-state index in [1.54, 1.807) is 11.3 Å². The lowest BCUT2D eigenvalue weighted by Crippen LogP contribution is -2.29. The van der Waals surface area contributed by atoms with Crippen LogP contribution in [0, 0.1) is 12.8 Å². The summed E-state index contributed by atoms with van der Waals surface area (Å²) in [5, 5.41) is 9.97. The molecule has 2 unspecified atom stereocenters. The molecule has 0 bridgehead atoms. The summed E-state index contributed by atoms with van der Waals surface area (Å²) in [5.74, 6) is 0.651. The largest absolute Gasteiger partial charge is 0.319 e. The third-order valence-electron chi connectivity index (χ3n) is 2.33. The summed E-state index contributed by atoms with van der Waals surface area (Å²) in [6.07, 6.45) is 0. The van der Waals surface area contributed by atoms with Gasteiger partial charge in [0.2, 0.25) is 0 Å². The molecule has 0 fully saturated rings. The standard InChI is InChI=1S/C11H21N3S/c1-8(5-12-4)6-13-10(3)11-14-9(2)7-15-11/h7-8,10,12-13H,5-6H2,1-4H3. The topological polar surface area (TPSA) is 37.0 Å². The molecule has 2 N–H and O–H groups in total. The Hall–Kier alpha value is -0.450. The molecular formula is C11H21N3S. The van der Waals surface area contributed by atoms with Crippen molar-refractivity contribution in [1.29, 1.82) is 0 Å². The Bertz CT molecular complexity index is 285. The van der Waals surface area contributed by atoms with E-state index < -0.39 is 0 Å². The Balaban J connectivity index is 2.33. The van der Waals surface area contributed by atoms with E-state index >= 15 is 0 Å². The molecule has 0 aliphatic carbocycles. The molecule has 1 heterocycles. The Morgan fingerprint density at radius 1 is 1.40 bits per heavy atom. The number of rotatable bonds is 6. The van der Waals surface area contributed by atoms with E-state index in [0.717, 1.165) is 18.8 Å². The molecule has 0 aliphatic rings. The first kappa shape index (κ1) is 12.6. The number of aromatic nitrogens is 1. The summed E-state index contributed by atoms with van der Waals surface area (Å²) >= 11 is 1.73. The van der Waals surface area contributed by atoms with Gasteiger partial charge < -0.3 is 10.6 Å². The van der Waals surface area contributed by atoms with Crippen LogP contribution >= 0.6 is 11.3 Å². The van der Waals surface area contributed by atoms with Crippen molar-refractivity contribution < 1.29 is 0 Å². The van der Waals surface area contributed by atoms with Crippen molar-refractivity contribution in [2.75, 3.05) is 20.1 Å². The van der Waals surface area contributed by atoms with E-state index in [9.17, 15) is 0 Å². The minimum atomic E-state index is 0.364. The molecule has 1 rings (SSSR count). The number of thiazole rings is 1. The fourth-order valence-corrected chi connectivity index (χ4v) is 2.29. The van der Waals surface area contributed by atoms with Crippen LogP contribution in [0.2, 0.25) is 0 Å². The van der Waals surface area contributed by atoms with Gasteiger partial charge in [0.25, 0.3) is 0 Å². The lowest BCUT2D eigenvalue weighted by molar-refractivity contribution is 0.456. The molecule has 0 saturated heterocycles. The van der Waals surface area contributed by atoms with E-state index in [2.05, 4.69) is 34.8 Å². The Morgan fingerprint density at radius 3 is 2.67 bits per heavy atom. The maximum absolute atomic E-state index is 4.47. The number of nitrogens with one attached hydrogen (secondary N) is 2. The van der Waals surface area contributed by atoms with E-state index in [0.29, 0.717) is 12.0 Å². The van der Waals surface area contributed by atoms with E-state index in [1.165, 1.54) is 5.01 Å². The van der Waals surface area contributed by atoms with Gasteiger partial charge in [0, 0.05) is 11.1 Å². The van der Waals surface area contributed by atoms with Gasteiger partial charge in [0.1, 0.15) is 5.01 Å². The molecule has 0 saturated carbocycles. The fourth-order valence-electron chi connectivity index (χ4n) is 1.46. The molecule has 3 nitrogen and oxygen atoms in total. The maximum Gasteiger partial charge on any atom is 0.110 e. The van der Waals surface area contributed by atoms with Crippen LogP contribution in [0.1, 0.15) is 30.6 Å². The normalized spacial score (nSPS) is 15.2. The van der Waals surface area contributed by atoms with Crippen molar-refractivity contribution in [3.05, 3.63) is 16.1 Å². The van der Waals surface area contributed by atoms with Gasteiger partial charge in [0.05, 0.1) is 6.04 Å². The molecule has 0 aromatic carbocycles. The van der Waals surface area contributed by atoms with Crippen LogP contribution in [0.25, 0.3) is 0 Å². The van der Waals surface area contributed by atoms with E-state index in [4.69, 9.17) is 0 Å². The van der Waals surface area contributed by atoms with Crippen molar-refractivity contribution in [3.8, 4) is 0 Å². The highest BCUT2D eigenvalue weighted by molar-refractivity contribution is 7.09. The summed E-state index contributed by atoms with van der Waals surface area (Å²) in [6.45, 7) is 8.53. The molecule has 2 atom stereocenters. The number of aryl methyl sites for hydroxylation is 1. The minimum Gasteiger partial charge on any atom is -0.319 e. The van der Waals surface area contributed by atoms with Crippen LogP contribution in [0.15, 0.2) is 5.38 Å². The quantitative estimate of drug-likeness (QED) is 0.780. The van der Waals surface area contributed by atoms with E-state index in [1.807, 2.05) is 14.0 Å². The lowest BCUT2D eigenvalue weighted by atomic mass is 10.1. The fraction of sp³-hybridized carbons (Fsp3) is 0.727. The molecule has 0 aliphatic heterocycles. The van der Waals surface area contributed by atoms with Gasteiger partial charge in [-0.15, -0.1) is 11.3 Å². The van der Waals surface area contributed by atoms with Gasteiger partial charge >= 0.3 is 0 Å². The second-order valence-corrected chi connectivity index (χ2v) is 5.01. The maximum atomic E-state index is 4.47. The van der Waals surface area contributed by atoms with Crippen molar-refractivity contribution in [2.24, 2.45) is 5.92 Å². The first-order valence-electron chi connectivity index (χ1n) is 5.43. The van der Waals surface area contributed by atoms with Crippen LogP contribution in [0.3, 0.4) is 0 Å². The predicted octanol–water partition coefficient (Wildman–Crippen LogP) is 1.96. The Labute approximate surface area is 96.3 Å². The van der Waals surface area contributed by atoms with Crippen molar-refractivity contribution in [1.82, 2.24) is 15.6 Å². The van der Waals surface area contributed by atoms with Crippen LogP contribution in [0.5, 0.6) is 0 Å². The van der Waals surface area contributed by atoms with E-state index in [-0.39, 0.29) is 0 Å². The zero-order chi connectivity index (χ0) is 11.3. The van der Waals surface area contributed by atoms with Crippen LogP contribution < -0.4 is 10.6 Å². The Kier molecular flexibility index (Phi) is 5.22. The molecule has 4 heteroatoms. The first-order valence-corrected chi connectivity index (χ1v) is 6.31. The summed E-state index contributed by atoms with van der Waals surface area (Å²) < 4.78 is 0. The van der Waals surface area contributed by atoms with Gasteiger partial charge in [0.15, 0.2) is 0 Å². The highest BCUT2D eigenvalue weighted by atomic mass is 32.1. The van der Waals surface area contributed by atoms with Crippen LogP contribution in [-0.2, 0) is 0 Å². The third kappa shape index (κ3) is 4.28. The van der Waals surface area contributed by atoms with Gasteiger partial charge in [-0.25, -0.2) is 4.98 Å². The van der Waals surface area contributed by atoms with Gasteiger partial charge in [-0.1, -0.05) is 6.92 Å². The molecule has 0 amide bonds. The molecule has 0 spiro atoms. The highest BCUT2D eigenvalue weighted by Crippen LogP contribution is 2.17. The summed E-state index contributed by atoms with van der Waals surface area (Å²) in [7, 11) is 1.99. The number of hydrogen-bond acceptors (Lipinski definition) is 4. The Morgan fingerprint density at radius 2 is 2.13 bits per heavy atom. The van der Waals surface area contributed by atoms with Gasteiger partial charge in [-0.2, -0.15) is 0 Å². The van der Waals surface area contributed by atoms with Gasteiger partial charge in [-0.3, -0.25) is 0 Å². The second kappa shape index (κ2) is 6.20.